The summed E-state index contributed by atoms with van der Waals surface area (Å²) in [6.45, 7) is 1.20. The predicted molar refractivity (Wildman–Crippen MR) is 219 cm³/mol. The topological polar surface area (TPSA) is 281 Å². The first-order chi connectivity index (χ1) is 24.5. The zero-order valence-electron chi connectivity index (χ0n) is 30.4. The van der Waals surface area contributed by atoms with E-state index in [9.17, 15) is 34.2 Å². The van der Waals surface area contributed by atoms with Crippen molar-refractivity contribution in [2.75, 3.05) is 32.7 Å². The Kier molecular flexibility index (Phi) is 23.2. The molecular formula is C35H55Cl4N9O7. The fourth-order valence-corrected chi connectivity index (χ4v) is 6.43. The molecule has 0 spiro atoms. The summed E-state index contributed by atoms with van der Waals surface area (Å²) in [6, 6.07) is 4.37. The maximum Gasteiger partial charge on any atom is 0.246 e. The highest BCUT2D eigenvalue weighted by Gasteiger charge is 2.40. The van der Waals surface area contributed by atoms with Gasteiger partial charge in [0.15, 0.2) is 0 Å². The molecule has 4 rings (SSSR count). The van der Waals surface area contributed by atoms with Crippen LogP contribution in [0.25, 0.3) is 11.1 Å². The molecule has 2 aromatic carbocycles. The monoisotopic (exact) mass is 853 g/mol. The molecule has 16 nitrogen and oxygen atoms in total. The molecule has 2 aliphatic heterocycles. The highest BCUT2D eigenvalue weighted by atomic mass is 35.5. The van der Waals surface area contributed by atoms with E-state index < -0.39 is 59.7 Å². The van der Waals surface area contributed by atoms with Crippen LogP contribution in [-0.2, 0) is 36.8 Å². The standard InChI is InChI=1S/C35H51N9O7.4ClH/c36-11-1-4-25(32(48)40-14-13-38)42-34(50)28-6-3-15-44(28)35(51)27-19-23-17-21(8-10-30(23)46)20-7-9-29(45)22(16-20)18-24(39)31(47)41-26(5-2-12-37)33(49)43-27;;;;/h7-10,16-17,24-28,45-46H,1-6,11-15,18-19,36-39H2,(H,40,48)(H,41,47)(H,42,50)(H,43,49);4*1H/t24-,25+,26-,27+,28+;;;;/m1..../s1. The summed E-state index contributed by atoms with van der Waals surface area (Å²) in [5.74, 6) is -2.99. The predicted octanol–water partition coefficient (Wildman–Crippen LogP) is -0.124. The summed E-state index contributed by atoms with van der Waals surface area (Å²) in [4.78, 5) is 69.3. The molecular weight excluding hydrogens is 800 g/mol. The first-order valence-corrected chi connectivity index (χ1v) is 17.5. The second kappa shape index (κ2) is 24.8. The summed E-state index contributed by atoms with van der Waals surface area (Å²) in [5.41, 5.74) is 25.2. The molecule has 0 radical (unpaired) electrons. The summed E-state index contributed by atoms with van der Waals surface area (Å²) in [5, 5.41) is 32.4. The molecule has 0 aliphatic carbocycles. The van der Waals surface area contributed by atoms with Crippen LogP contribution < -0.4 is 44.2 Å². The van der Waals surface area contributed by atoms with Crippen LogP contribution in [0.5, 0.6) is 11.5 Å². The molecule has 2 aromatic rings. The highest BCUT2D eigenvalue weighted by Crippen LogP contribution is 2.31. The van der Waals surface area contributed by atoms with Crippen LogP contribution >= 0.6 is 49.6 Å². The minimum absolute atomic E-state index is 0. The quantitative estimate of drug-likeness (QED) is 0.134. The maximum absolute atomic E-state index is 14.4. The first kappa shape index (κ1) is 51.4. The van der Waals surface area contributed by atoms with Crippen molar-refractivity contribution < 1.29 is 34.2 Å². The van der Waals surface area contributed by atoms with Crippen LogP contribution in [0.15, 0.2) is 36.4 Å². The van der Waals surface area contributed by atoms with E-state index in [0.717, 1.165) is 0 Å². The third-order valence-corrected chi connectivity index (χ3v) is 9.25. The number of benzene rings is 2. The van der Waals surface area contributed by atoms with Crippen molar-refractivity contribution in [3.8, 4) is 22.6 Å². The van der Waals surface area contributed by atoms with Gasteiger partial charge in [0, 0.05) is 32.5 Å². The lowest BCUT2D eigenvalue weighted by Gasteiger charge is -2.31. The molecule has 4 bridgehead atoms. The van der Waals surface area contributed by atoms with E-state index in [2.05, 4.69) is 21.3 Å². The third kappa shape index (κ3) is 13.8. The number of halogens is 4. The Morgan fingerprint density at radius 3 is 2.02 bits per heavy atom. The summed E-state index contributed by atoms with van der Waals surface area (Å²) < 4.78 is 0. The number of phenols is 2. The van der Waals surface area contributed by atoms with Gasteiger partial charge in [-0.15, -0.1) is 49.6 Å². The molecule has 2 heterocycles. The fraction of sp³-hybridized carbons (Fsp3) is 0.514. The molecule has 1 saturated heterocycles. The van der Waals surface area contributed by atoms with E-state index in [1.807, 2.05) is 0 Å². The van der Waals surface area contributed by atoms with Gasteiger partial charge in [-0.25, -0.2) is 0 Å². The normalized spacial score (nSPS) is 19.9. The number of likely N-dealkylation sites (tertiary alicyclic amines) is 1. The van der Waals surface area contributed by atoms with Gasteiger partial charge in [-0.3, -0.25) is 24.0 Å². The number of aromatic hydroxyl groups is 2. The van der Waals surface area contributed by atoms with Crippen molar-refractivity contribution in [3.05, 3.63) is 47.5 Å². The molecule has 0 aromatic heterocycles. The Morgan fingerprint density at radius 1 is 0.836 bits per heavy atom. The van der Waals surface area contributed by atoms with Crippen LogP contribution in [0.3, 0.4) is 0 Å². The van der Waals surface area contributed by atoms with E-state index in [1.54, 1.807) is 24.3 Å². The van der Waals surface area contributed by atoms with E-state index in [0.29, 0.717) is 54.5 Å². The third-order valence-electron chi connectivity index (χ3n) is 9.25. The van der Waals surface area contributed by atoms with Crippen molar-refractivity contribution in [2.24, 2.45) is 22.9 Å². The van der Waals surface area contributed by atoms with Crippen LogP contribution in [0.2, 0.25) is 0 Å². The van der Waals surface area contributed by atoms with Gasteiger partial charge in [-0.05, 0) is 98.1 Å². The van der Waals surface area contributed by atoms with Crippen LogP contribution in [-0.4, -0.2) is 108 Å². The zero-order chi connectivity index (χ0) is 37.1. The van der Waals surface area contributed by atoms with Gasteiger partial charge < -0.3 is 59.3 Å². The number of hydrogen-bond donors (Lipinski definition) is 10. The van der Waals surface area contributed by atoms with Crippen LogP contribution in [0, 0.1) is 0 Å². The number of fused-ring (bicyclic) bond motifs is 5. The number of nitrogens with one attached hydrogen (secondary N) is 4. The Hall–Kier alpha value is -3.61. The Bertz CT molecular complexity index is 1590. The van der Waals surface area contributed by atoms with Crippen molar-refractivity contribution >= 4 is 79.2 Å². The second-order valence-corrected chi connectivity index (χ2v) is 13.0. The number of amides is 5. The molecule has 0 saturated carbocycles. The molecule has 14 N–H and O–H groups in total. The van der Waals surface area contributed by atoms with Crippen LogP contribution in [0.4, 0.5) is 0 Å². The summed E-state index contributed by atoms with van der Waals surface area (Å²) in [7, 11) is 0. The van der Waals surface area contributed by atoms with E-state index >= 15 is 0 Å². The van der Waals surface area contributed by atoms with Gasteiger partial charge in [-0.2, -0.15) is 0 Å². The van der Waals surface area contributed by atoms with Crippen molar-refractivity contribution in [2.45, 2.75) is 81.6 Å². The molecule has 5 amide bonds. The molecule has 0 unspecified atom stereocenters. The number of rotatable bonds is 12. The number of carbonyl (C=O) groups is 5. The first-order valence-electron chi connectivity index (χ1n) is 17.5. The van der Waals surface area contributed by atoms with Gasteiger partial charge in [0.05, 0.1) is 6.04 Å². The van der Waals surface area contributed by atoms with E-state index in [4.69, 9.17) is 22.9 Å². The summed E-state index contributed by atoms with van der Waals surface area (Å²) >= 11 is 0. The lowest BCUT2D eigenvalue weighted by Crippen LogP contribution is -2.59. The van der Waals surface area contributed by atoms with Crippen LogP contribution in [0.1, 0.15) is 49.7 Å². The largest absolute Gasteiger partial charge is 0.508 e. The van der Waals surface area contributed by atoms with E-state index in [-0.39, 0.29) is 113 Å². The molecule has 1 fully saturated rings. The Morgan fingerprint density at radius 2 is 1.44 bits per heavy atom. The average molecular weight is 856 g/mol. The Labute approximate surface area is 345 Å². The average Bonchev–Trinajstić information content (AvgIpc) is 3.61. The number of phenolic OH excluding ortho intramolecular Hbond substituents is 2. The lowest BCUT2D eigenvalue weighted by molar-refractivity contribution is -0.142. The van der Waals surface area contributed by atoms with Crippen molar-refractivity contribution in [1.29, 1.82) is 0 Å². The fourth-order valence-electron chi connectivity index (χ4n) is 6.43. The van der Waals surface area contributed by atoms with Gasteiger partial charge in [-0.1, -0.05) is 12.1 Å². The number of nitrogens with two attached hydrogens (primary N) is 4. The van der Waals surface area contributed by atoms with Crippen molar-refractivity contribution in [3.63, 3.8) is 0 Å². The van der Waals surface area contributed by atoms with Crippen molar-refractivity contribution in [1.82, 2.24) is 26.2 Å². The maximum atomic E-state index is 14.4. The number of hydrogen-bond acceptors (Lipinski definition) is 11. The van der Waals surface area contributed by atoms with E-state index in [1.165, 1.54) is 17.0 Å². The minimum Gasteiger partial charge on any atom is -0.508 e. The minimum atomic E-state index is -1.26. The lowest BCUT2D eigenvalue weighted by atomic mass is 9.95. The highest BCUT2D eigenvalue weighted by molar-refractivity contribution is 5.96. The second-order valence-electron chi connectivity index (χ2n) is 13.0. The number of carbonyl (C=O) groups excluding carboxylic acids is 5. The smallest absolute Gasteiger partial charge is 0.246 e. The Balaban J connectivity index is 0.00000729. The van der Waals surface area contributed by atoms with Gasteiger partial charge in [0.2, 0.25) is 29.5 Å². The zero-order valence-corrected chi connectivity index (χ0v) is 33.6. The molecule has 5 atom stereocenters. The number of nitrogens with zero attached hydrogens (tertiary/aromatic N) is 1. The van der Waals surface area contributed by atoms with Gasteiger partial charge in [0.25, 0.3) is 0 Å². The molecule has 20 heteroatoms. The SMILES string of the molecule is Cl.Cl.Cl.Cl.NCCC[C@H](NC(=O)[C@@H]1CCCN1C(=O)[C@@H]1Cc2cc(ccc2O)-c2ccc(O)c(c2)C[C@@H](N)C(=O)N[C@H](CCCN)C(=O)N1)C(=O)NCCN. The van der Waals surface area contributed by atoms with Gasteiger partial charge in [0.1, 0.15) is 35.7 Å². The molecule has 2 aliphatic rings. The summed E-state index contributed by atoms with van der Waals surface area (Å²) in [6.07, 6.45) is 1.92. The van der Waals surface area contributed by atoms with Gasteiger partial charge >= 0.3 is 0 Å². The molecule has 55 heavy (non-hydrogen) atoms. The molecule has 310 valence electrons.